The van der Waals surface area contributed by atoms with E-state index >= 15 is 0 Å². The van der Waals surface area contributed by atoms with E-state index in [2.05, 4.69) is 25.8 Å². The minimum atomic E-state index is -0.427. The lowest BCUT2D eigenvalue weighted by Gasteiger charge is -2.33. The smallest absolute Gasteiger partial charge is 0.323 e. The number of nitrogens with zero attached hydrogens (tertiary/aromatic N) is 3. The maximum absolute atomic E-state index is 13.1. The molecule has 0 radical (unpaired) electrons. The largest absolute Gasteiger partial charge is 0.369 e. The topological polar surface area (TPSA) is 133 Å². The predicted molar refractivity (Wildman–Crippen MR) is 150 cm³/mol. The molecular weight excluding hydrogens is 513 g/mol. The van der Waals surface area contributed by atoms with Gasteiger partial charge < -0.3 is 31.5 Å². The van der Waals surface area contributed by atoms with Crippen molar-refractivity contribution in [1.82, 2.24) is 15.2 Å². The monoisotopic (exact) mass is 545 g/mol. The number of fused-ring (bicyclic) bond motifs is 1. The van der Waals surface area contributed by atoms with Crippen molar-refractivity contribution >= 4 is 35.2 Å². The van der Waals surface area contributed by atoms with Crippen LogP contribution < -0.4 is 26.6 Å². The van der Waals surface area contributed by atoms with E-state index in [1.54, 1.807) is 11.1 Å². The predicted octanol–water partition coefficient (Wildman–Crippen LogP) is 3.83. The number of carbonyl (C=O) groups is 3. The van der Waals surface area contributed by atoms with E-state index in [9.17, 15) is 18.8 Å². The van der Waals surface area contributed by atoms with E-state index in [-0.39, 0.29) is 23.7 Å². The Morgan fingerprint density at radius 1 is 1.02 bits per heavy atom. The van der Waals surface area contributed by atoms with Gasteiger partial charge in [0.15, 0.2) is 0 Å². The van der Waals surface area contributed by atoms with Crippen LogP contribution in [0.25, 0.3) is 0 Å². The summed E-state index contributed by atoms with van der Waals surface area (Å²) in [5.41, 5.74) is 9.50. The lowest BCUT2D eigenvalue weighted by molar-refractivity contribution is -0.122. The number of hydrogen-bond acceptors (Lipinski definition) is 5. The van der Waals surface area contributed by atoms with E-state index in [0.29, 0.717) is 44.0 Å². The molecule has 1 fully saturated rings. The molecule has 40 heavy (non-hydrogen) atoms. The van der Waals surface area contributed by atoms with Crippen molar-refractivity contribution in [2.24, 2.45) is 11.7 Å². The molecule has 1 unspecified atom stereocenters. The first-order valence-electron chi connectivity index (χ1n) is 13.3. The highest BCUT2D eigenvalue weighted by molar-refractivity contribution is 6.00. The van der Waals surface area contributed by atoms with Crippen LogP contribution in [0.1, 0.15) is 29.5 Å². The first-order valence-corrected chi connectivity index (χ1v) is 13.3. The molecule has 11 heteroatoms. The molecule has 0 aliphatic carbocycles. The molecule has 1 saturated heterocycles. The summed E-state index contributed by atoms with van der Waals surface area (Å²) in [6, 6.07) is 14.3. The van der Waals surface area contributed by atoms with Crippen molar-refractivity contribution in [3.05, 3.63) is 83.3 Å². The lowest BCUT2D eigenvalue weighted by atomic mass is 9.97. The summed E-state index contributed by atoms with van der Waals surface area (Å²) in [5.74, 6) is -0.127. The summed E-state index contributed by atoms with van der Waals surface area (Å²) in [6.45, 7) is 2.50. The zero-order valence-corrected chi connectivity index (χ0v) is 22.0. The minimum Gasteiger partial charge on any atom is -0.369 e. The third kappa shape index (κ3) is 6.31. The summed E-state index contributed by atoms with van der Waals surface area (Å²) in [4.78, 5) is 45.7. The Balaban J connectivity index is 1.19. The second kappa shape index (κ2) is 12.0. The molecule has 3 heterocycles. The molecule has 2 aromatic carbocycles. The number of halogens is 1. The number of benzene rings is 2. The average Bonchev–Trinajstić information content (AvgIpc) is 2.97. The second-order valence-electron chi connectivity index (χ2n) is 10.0. The highest BCUT2D eigenvalue weighted by Gasteiger charge is 2.27. The molecular formula is C29H32FN7O3. The van der Waals surface area contributed by atoms with Crippen molar-refractivity contribution in [3.63, 3.8) is 0 Å². The van der Waals surface area contributed by atoms with Crippen molar-refractivity contribution in [1.29, 1.82) is 0 Å². The molecule has 1 atom stereocenters. The van der Waals surface area contributed by atoms with Gasteiger partial charge in [-0.2, -0.15) is 0 Å². The van der Waals surface area contributed by atoms with Crippen molar-refractivity contribution < 1.29 is 18.8 Å². The minimum absolute atomic E-state index is 0.193. The summed E-state index contributed by atoms with van der Waals surface area (Å²) in [7, 11) is 0. The van der Waals surface area contributed by atoms with Gasteiger partial charge in [-0.3, -0.25) is 4.79 Å². The van der Waals surface area contributed by atoms with Crippen molar-refractivity contribution in [2.45, 2.75) is 32.4 Å². The van der Waals surface area contributed by atoms with Gasteiger partial charge in [-0.15, -0.1) is 0 Å². The Hall–Kier alpha value is -4.67. The first kappa shape index (κ1) is 26.9. The number of anilines is 3. The van der Waals surface area contributed by atoms with Crippen LogP contribution in [0.4, 0.5) is 31.2 Å². The van der Waals surface area contributed by atoms with Crippen LogP contribution >= 0.6 is 0 Å². The zero-order valence-electron chi connectivity index (χ0n) is 22.0. The van der Waals surface area contributed by atoms with E-state index in [1.807, 2.05) is 30.3 Å². The summed E-state index contributed by atoms with van der Waals surface area (Å²) < 4.78 is 13.1. The number of urea groups is 2. The van der Waals surface area contributed by atoms with E-state index in [0.717, 1.165) is 41.9 Å². The Morgan fingerprint density at radius 2 is 1.85 bits per heavy atom. The van der Waals surface area contributed by atoms with Crippen LogP contribution in [0.5, 0.6) is 0 Å². The fourth-order valence-electron chi connectivity index (χ4n) is 5.26. The van der Waals surface area contributed by atoms with Gasteiger partial charge in [0.1, 0.15) is 11.6 Å². The molecule has 5 N–H and O–H groups in total. The summed E-state index contributed by atoms with van der Waals surface area (Å²) in [5, 5.41) is 8.58. The van der Waals surface area contributed by atoms with Gasteiger partial charge in [-0.25, -0.2) is 19.0 Å². The molecule has 5 rings (SSSR count). The van der Waals surface area contributed by atoms with Gasteiger partial charge in [-0.05, 0) is 66.8 Å². The SMILES string of the molecule is NC(=O)C1CCCN(c2ncccc2CNC(=O)N2CCc3c(cccc3NC(=O)Nc3ccc(F)cc3)C2)C1. The van der Waals surface area contributed by atoms with Gasteiger partial charge in [0.2, 0.25) is 5.91 Å². The molecule has 10 nitrogen and oxygen atoms in total. The third-order valence-corrected chi connectivity index (χ3v) is 7.32. The lowest BCUT2D eigenvalue weighted by Crippen LogP contribution is -2.43. The normalized spacial score (nSPS) is 16.6. The molecule has 1 aromatic heterocycles. The molecule has 0 spiro atoms. The van der Waals surface area contributed by atoms with Gasteiger partial charge in [0.25, 0.3) is 0 Å². The van der Waals surface area contributed by atoms with Gasteiger partial charge in [0, 0.05) is 55.9 Å². The Labute approximate surface area is 231 Å². The highest BCUT2D eigenvalue weighted by atomic mass is 19.1. The number of nitrogens with one attached hydrogen (secondary N) is 3. The van der Waals surface area contributed by atoms with Crippen LogP contribution in [0, 0.1) is 11.7 Å². The molecule has 0 saturated carbocycles. The second-order valence-corrected chi connectivity index (χ2v) is 10.0. The Morgan fingerprint density at radius 3 is 2.65 bits per heavy atom. The number of rotatable bonds is 6. The highest BCUT2D eigenvalue weighted by Crippen LogP contribution is 2.27. The van der Waals surface area contributed by atoms with Crippen LogP contribution in [0.2, 0.25) is 0 Å². The first-order chi connectivity index (χ1) is 19.4. The quantitative estimate of drug-likeness (QED) is 0.374. The molecule has 2 aliphatic heterocycles. The maximum atomic E-state index is 13.1. The number of carbonyl (C=O) groups excluding carboxylic acids is 3. The number of amides is 5. The number of primary amides is 1. The number of piperidine rings is 1. The van der Waals surface area contributed by atoms with Crippen molar-refractivity contribution in [2.75, 3.05) is 35.2 Å². The van der Waals surface area contributed by atoms with E-state index < -0.39 is 6.03 Å². The summed E-state index contributed by atoms with van der Waals surface area (Å²) in [6.07, 6.45) is 3.92. The molecule has 0 bridgehead atoms. The zero-order chi connectivity index (χ0) is 28.1. The number of pyridine rings is 1. The average molecular weight is 546 g/mol. The fourth-order valence-corrected chi connectivity index (χ4v) is 5.26. The van der Waals surface area contributed by atoms with Crippen LogP contribution in [0.3, 0.4) is 0 Å². The Kier molecular flexibility index (Phi) is 8.09. The van der Waals surface area contributed by atoms with Gasteiger partial charge >= 0.3 is 12.1 Å². The van der Waals surface area contributed by atoms with Crippen LogP contribution in [-0.2, 0) is 24.3 Å². The molecule has 3 aromatic rings. The maximum Gasteiger partial charge on any atom is 0.323 e. The molecule has 2 aliphatic rings. The van der Waals surface area contributed by atoms with Crippen LogP contribution in [0.15, 0.2) is 60.8 Å². The Bertz CT molecular complexity index is 1400. The number of nitrogens with two attached hydrogens (primary N) is 1. The number of aromatic nitrogens is 1. The molecule has 208 valence electrons. The van der Waals surface area contributed by atoms with Gasteiger partial charge in [0.05, 0.1) is 5.92 Å². The van der Waals surface area contributed by atoms with Gasteiger partial charge in [-0.1, -0.05) is 18.2 Å². The van der Waals surface area contributed by atoms with E-state index in [4.69, 9.17) is 5.73 Å². The fraction of sp³-hybridized carbons (Fsp3) is 0.310. The molecule has 5 amide bonds. The van der Waals surface area contributed by atoms with Crippen molar-refractivity contribution in [3.8, 4) is 0 Å². The van der Waals surface area contributed by atoms with E-state index in [1.165, 1.54) is 24.3 Å². The van der Waals surface area contributed by atoms with Crippen LogP contribution in [-0.4, -0.2) is 47.5 Å². The third-order valence-electron chi connectivity index (χ3n) is 7.32. The summed E-state index contributed by atoms with van der Waals surface area (Å²) >= 11 is 0. The number of hydrogen-bond donors (Lipinski definition) is 4. The standard InChI is InChI=1S/C29H32FN7O3/c30-22-8-10-23(11-9-22)34-28(39)35-25-7-1-4-20-17-37(15-12-24(20)25)29(40)33-16-19-5-2-13-32-27(19)36-14-3-6-21(18-36)26(31)38/h1-2,4-5,7-11,13,21H,3,6,12,14-18H2,(H2,31,38)(H,33,40)(H2,34,35,39).